The molecule has 2 N–H and O–H groups in total. The van der Waals surface area contributed by atoms with E-state index in [1.807, 2.05) is 0 Å². The molecule has 0 atom stereocenters. The predicted molar refractivity (Wildman–Crippen MR) is 68.4 cm³/mol. The van der Waals surface area contributed by atoms with E-state index in [0.717, 1.165) is 12.1 Å². The summed E-state index contributed by atoms with van der Waals surface area (Å²) in [6.07, 6.45) is 0. The third kappa shape index (κ3) is 4.36. The smallest absolute Gasteiger partial charge is 0.229 e. The van der Waals surface area contributed by atoms with Crippen LogP contribution >= 0.6 is 11.8 Å². The number of thioether (sulfide) groups is 1. The zero-order valence-electron chi connectivity index (χ0n) is 9.79. The van der Waals surface area contributed by atoms with Crippen molar-refractivity contribution >= 4 is 31.6 Å². The molecule has 0 bridgehead atoms. The van der Waals surface area contributed by atoms with Gasteiger partial charge >= 0.3 is 5.51 Å². The van der Waals surface area contributed by atoms with Crippen LogP contribution < -0.4 is 5.14 Å². The van der Waals surface area contributed by atoms with Gasteiger partial charge in [0.15, 0.2) is 0 Å². The van der Waals surface area contributed by atoms with E-state index in [2.05, 4.69) is 0 Å². The van der Waals surface area contributed by atoms with Gasteiger partial charge in [-0.1, -0.05) is 12.1 Å². The highest BCUT2D eigenvalue weighted by Gasteiger charge is 2.47. The summed E-state index contributed by atoms with van der Waals surface area (Å²) in [7, 11) is -9.24. The van der Waals surface area contributed by atoms with Crippen LogP contribution in [-0.4, -0.2) is 33.8 Å². The molecule has 1 aromatic carbocycles. The average molecular weight is 349 g/mol. The van der Waals surface area contributed by atoms with Gasteiger partial charge in [0, 0.05) is 10.6 Å². The van der Waals surface area contributed by atoms with E-state index in [-0.39, 0.29) is 10.6 Å². The second kappa shape index (κ2) is 5.92. The van der Waals surface area contributed by atoms with E-state index in [1.165, 1.54) is 12.1 Å². The molecule has 0 spiro atoms. The number of nitrogens with two attached hydrogens (primary N) is 1. The Morgan fingerprint density at radius 3 is 2.15 bits per heavy atom. The first-order valence-corrected chi connectivity index (χ1v) is 9.17. The molecule has 0 unspecified atom stereocenters. The van der Waals surface area contributed by atoms with Gasteiger partial charge in [-0.2, -0.15) is 13.2 Å². The van der Waals surface area contributed by atoms with Crippen molar-refractivity contribution < 1.29 is 30.0 Å². The Kier molecular flexibility index (Phi) is 5.11. The zero-order valence-corrected chi connectivity index (χ0v) is 12.2. The maximum Gasteiger partial charge on any atom is 0.501 e. The summed E-state index contributed by atoms with van der Waals surface area (Å²) in [4.78, 5) is -1.07. The Morgan fingerprint density at radius 1 is 1.10 bits per heavy atom. The van der Waals surface area contributed by atoms with E-state index in [1.54, 1.807) is 0 Å². The van der Waals surface area contributed by atoms with Gasteiger partial charge in [0.2, 0.25) is 10.0 Å². The third-order valence-electron chi connectivity index (χ3n) is 2.07. The number of sulfone groups is 1. The minimum Gasteiger partial charge on any atom is -0.229 e. The van der Waals surface area contributed by atoms with Crippen LogP contribution in [0.5, 0.6) is 0 Å². The lowest BCUT2D eigenvalue weighted by Crippen LogP contribution is -2.24. The molecule has 1 rings (SSSR count). The molecular formula is C9H10F3NO4S3. The first-order chi connectivity index (χ1) is 8.95. The standard InChI is InChI=1S/C9H10F3NO4S3/c10-9(11,12)20(16,17)8-4-2-1-3-7(8)18-5-6-19(13,14)15/h1-4H,5-6H2,(H2,13,14,15). The van der Waals surface area contributed by atoms with Crippen LogP contribution in [0.15, 0.2) is 34.1 Å². The Balaban J connectivity index is 3.07. The van der Waals surface area contributed by atoms with Gasteiger partial charge in [0.25, 0.3) is 9.84 Å². The molecular weight excluding hydrogens is 339 g/mol. The van der Waals surface area contributed by atoms with Crippen molar-refractivity contribution in [2.24, 2.45) is 5.14 Å². The summed E-state index contributed by atoms with van der Waals surface area (Å²) in [5, 5.41) is 4.75. The fraction of sp³-hybridized carbons (Fsp3) is 0.333. The molecule has 0 aliphatic rings. The second-order valence-electron chi connectivity index (χ2n) is 3.61. The summed E-state index contributed by atoms with van der Waals surface area (Å²) < 4.78 is 81.7. The molecule has 0 radical (unpaired) electrons. The van der Waals surface area contributed by atoms with Crippen LogP contribution in [-0.2, 0) is 19.9 Å². The molecule has 11 heteroatoms. The second-order valence-corrected chi connectivity index (χ2v) is 8.39. The highest BCUT2D eigenvalue weighted by molar-refractivity contribution is 8.01. The lowest BCUT2D eigenvalue weighted by atomic mass is 10.4. The zero-order chi connectivity index (χ0) is 15.6. The van der Waals surface area contributed by atoms with Crippen LogP contribution in [0.2, 0.25) is 0 Å². The van der Waals surface area contributed by atoms with Crippen molar-refractivity contribution in [2.75, 3.05) is 11.5 Å². The van der Waals surface area contributed by atoms with Crippen molar-refractivity contribution in [3.63, 3.8) is 0 Å². The summed E-state index contributed by atoms with van der Waals surface area (Å²) >= 11 is 0.679. The Hall–Kier alpha value is -0.780. The van der Waals surface area contributed by atoms with Crippen molar-refractivity contribution in [1.29, 1.82) is 0 Å². The van der Waals surface area contributed by atoms with Crippen LogP contribution in [0.3, 0.4) is 0 Å². The highest BCUT2D eigenvalue weighted by Crippen LogP contribution is 2.35. The summed E-state index contributed by atoms with van der Waals surface area (Å²) in [6, 6.07) is 4.51. The topological polar surface area (TPSA) is 94.3 Å². The van der Waals surface area contributed by atoms with E-state index >= 15 is 0 Å². The molecule has 20 heavy (non-hydrogen) atoms. The first kappa shape index (κ1) is 17.3. The molecule has 0 saturated carbocycles. The SMILES string of the molecule is NS(=O)(=O)CCSc1ccccc1S(=O)(=O)C(F)(F)F. The number of primary sulfonamides is 1. The maximum absolute atomic E-state index is 12.5. The number of sulfonamides is 1. The molecule has 0 aliphatic heterocycles. The van der Waals surface area contributed by atoms with E-state index in [0.29, 0.717) is 11.8 Å². The largest absolute Gasteiger partial charge is 0.501 e. The quantitative estimate of drug-likeness (QED) is 0.810. The lowest BCUT2D eigenvalue weighted by molar-refractivity contribution is -0.0437. The van der Waals surface area contributed by atoms with Crippen molar-refractivity contribution in [3.05, 3.63) is 24.3 Å². The normalized spacial score (nSPS) is 13.4. The number of alkyl halides is 3. The fourth-order valence-electron chi connectivity index (χ4n) is 1.18. The number of halogens is 3. The van der Waals surface area contributed by atoms with E-state index in [9.17, 15) is 30.0 Å². The van der Waals surface area contributed by atoms with Crippen molar-refractivity contribution in [1.82, 2.24) is 0 Å². The minimum absolute atomic E-state index is 0.150. The van der Waals surface area contributed by atoms with Crippen molar-refractivity contribution in [2.45, 2.75) is 15.3 Å². The van der Waals surface area contributed by atoms with Gasteiger partial charge < -0.3 is 0 Å². The molecule has 0 aliphatic carbocycles. The first-order valence-electron chi connectivity index (χ1n) is 4.99. The third-order valence-corrected chi connectivity index (χ3v) is 5.85. The van der Waals surface area contributed by atoms with Gasteiger partial charge in [0.05, 0.1) is 10.6 Å². The molecule has 0 aromatic heterocycles. The van der Waals surface area contributed by atoms with Gasteiger partial charge in [-0.05, 0) is 12.1 Å². The monoisotopic (exact) mass is 349 g/mol. The Morgan fingerprint density at radius 2 is 1.65 bits per heavy atom. The molecule has 0 saturated heterocycles. The average Bonchev–Trinajstić information content (AvgIpc) is 2.26. The fourth-order valence-corrected chi connectivity index (χ4v) is 4.40. The van der Waals surface area contributed by atoms with Crippen LogP contribution in [0.25, 0.3) is 0 Å². The van der Waals surface area contributed by atoms with Crippen LogP contribution in [0.4, 0.5) is 13.2 Å². The summed E-state index contributed by atoms with van der Waals surface area (Å²) in [6.45, 7) is 0. The van der Waals surface area contributed by atoms with Crippen LogP contribution in [0, 0.1) is 0 Å². The molecule has 0 fully saturated rings. The molecule has 0 amide bonds. The minimum atomic E-state index is -5.47. The van der Waals surface area contributed by atoms with E-state index in [4.69, 9.17) is 5.14 Å². The number of hydrogen-bond acceptors (Lipinski definition) is 5. The van der Waals surface area contributed by atoms with Gasteiger partial charge in [0.1, 0.15) is 0 Å². The van der Waals surface area contributed by atoms with Crippen molar-refractivity contribution in [3.8, 4) is 0 Å². The predicted octanol–water partition coefficient (Wildman–Crippen LogP) is 1.36. The maximum atomic E-state index is 12.5. The van der Waals surface area contributed by atoms with Gasteiger partial charge in [-0.3, -0.25) is 0 Å². The van der Waals surface area contributed by atoms with Gasteiger partial charge in [-0.25, -0.2) is 22.0 Å². The highest BCUT2D eigenvalue weighted by atomic mass is 32.2. The number of rotatable bonds is 5. The molecule has 5 nitrogen and oxygen atoms in total. The summed E-state index contributed by atoms with van der Waals surface area (Å²) in [5.74, 6) is -0.624. The lowest BCUT2D eigenvalue weighted by Gasteiger charge is -2.11. The van der Waals surface area contributed by atoms with Crippen LogP contribution in [0.1, 0.15) is 0 Å². The summed E-state index contributed by atoms with van der Waals surface area (Å²) in [5.41, 5.74) is -5.41. The molecule has 0 heterocycles. The van der Waals surface area contributed by atoms with E-state index < -0.39 is 36.0 Å². The number of benzene rings is 1. The Labute approximate surface area is 118 Å². The molecule has 1 aromatic rings. The van der Waals surface area contributed by atoms with Gasteiger partial charge in [-0.15, -0.1) is 11.8 Å². The Bertz CT molecular complexity index is 683. The molecule has 114 valence electrons. The number of hydrogen-bond donors (Lipinski definition) is 1.